The molecule has 1 aromatic carbocycles. The maximum absolute atomic E-state index is 13.0. The highest BCUT2D eigenvalue weighted by molar-refractivity contribution is 5.49. The molecule has 2 aromatic rings. The van der Waals surface area contributed by atoms with Crippen LogP contribution in [0.2, 0.25) is 0 Å². The SMILES string of the molecule is CC[C@H](c1nnnn1C[C@@H]1CCCO1)N1CCN(c2cccc(C(F)(F)F)c2)CC1. The van der Waals surface area contributed by atoms with Gasteiger partial charge in [-0.3, -0.25) is 4.90 Å². The Morgan fingerprint density at radius 1 is 1.20 bits per heavy atom. The van der Waals surface area contributed by atoms with Crippen LogP contribution in [0.15, 0.2) is 24.3 Å². The summed E-state index contributed by atoms with van der Waals surface area (Å²) in [5.74, 6) is 0.834. The fraction of sp³-hybridized carbons (Fsp3) is 0.650. The molecule has 0 radical (unpaired) electrons. The maximum Gasteiger partial charge on any atom is 0.416 e. The molecule has 2 atom stereocenters. The van der Waals surface area contributed by atoms with Crippen molar-refractivity contribution in [2.75, 3.05) is 37.7 Å². The lowest BCUT2D eigenvalue weighted by Gasteiger charge is -2.39. The molecule has 10 heteroatoms. The number of tetrazole rings is 1. The van der Waals surface area contributed by atoms with Gasteiger partial charge in [0.15, 0.2) is 5.82 Å². The Bertz CT molecular complexity index is 828. The van der Waals surface area contributed by atoms with Crippen molar-refractivity contribution in [2.24, 2.45) is 0 Å². The number of halogens is 3. The smallest absolute Gasteiger partial charge is 0.376 e. The molecule has 0 N–H and O–H groups in total. The van der Waals surface area contributed by atoms with Crippen LogP contribution in [-0.4, -0.2) is 64.0 Å². The third-order valence-electron chi connectivity index (χ3n) is 5.94. The van der Waals surface area contributed by atoms with Crippen molar-refractivity contribution < 1.29 is 17.9 Å². The zero-order valence-corrected chi connectivity index (χ0v) is 17.1. The van der Waals surface area contributed by atoms with E-state index in [2.05, 4.69) is 27.3 Å². The van der Waals surface area contributed by atoms with Crippen molar-refractivity contribution in [1.29, 1.82) is 0 Å². The van der Waals surface area contributed by atoms with Crippen molar-refractivity contribution in [3.8, 4) is 0 Å². The van der Waals surface area contributed by atoms with Gasteiger partial charge in [-0.2, -0.15) is 13.2 Å². The first-order valence-corrected chi connectivity index (χ1v) is 10.5. The van der Waals surface area contributed by atoms with Crippen LogP contribution in [0.5, 0.6) is 0 Å². The minimum absolute atomic E-state index is 0.0741. The van der Waals surface area contributed by atoms with E-state index in [0.717, 1.165) is 50.8 Å². The quantitative estimate of drug-likeness (QED) is 0.710. The number of piperazine rings is 1. The summed E-state index contributed by atoms with van der Waals surface area (Å²) < 4.78 is 46.7. The van der Waals surface area contributed by atoms with Gasteiger partial charge in [-0.05, 0) is 47.9 Å². The molecule has 0 spiro atoms. The first kappa shape index (κ1) is 21.0. The molecule has 0 bridgehead atoms. The summed E-state index contributed by atoms with van der Waals surface area (Å²) in [7, 11) is 0. The van der Waals surface area contributed by atoms with E-state index in [1.54, 1.807) is 6.07 Å². The third-order valence-corrected chi connectivity index (χ3v) is 5.94. The molecule has 0 unspecified atom stereocenters. The van der Waals surface area contributed by atoms with Crippen molar-refractivity contribution >= 4 is 5.69 Å². The molecule has 0 saturated carbocycles. The Hall–Kier alpha value is -2.20. The Balaban J connectivity index is 1.41. The maximum atomic E-state index is 13.0. The van der Waals surface area contributed by atoms with E-state index in [-0.39, 0.29) is 12.1 Å². The normalized spacial score (nSPS) is 21.9. The lowest BCUT2D eigenvalue weighted by Crippen LogP contribution is -2.48. The van der Waals surface area contributed by atoms with Crippen LogP contribution in [0.3, 0.4) is 0 Å². The van der Waals surface area contributed by atoms with Crippen LogP contribution in [0.1, 0.15) is 43.6 Å². The second-order valence-corrected chi connectivity index (χ2v) is 7.85. The molecule has 1 aromatic heterocycles. The summed E-state index contributed by atoms with van der Waals surface area (Å²) in [4.78, 5) is 4.33. The van der Waals surface area contributed by atoms with Crippen molar-refractivity contribution in [1.82, 2.24) is 25.1 Å². The molecular weight excluding hydrogens is 397 g/mol. The van der Waals surface area contributed by atoms with E-state index in [4.69, 9.17) is 4.74 Å². The largest absolute Gasteiger partial charge is 0.416 e. The van der Waals surface area contributed by atoms with Gasteiger partial charge in [-0.1, -0.05) is 13.0 Å². The van der Waals surface area contributed by atoms with E-state index in [1.165, 1.54) is 12.1 Å². The predicted molar refractivity (Wildman–Crippen MR) is 105 cm³/mol. The van der Waals surface area contributed by atoms with Crippen molar-refractivity contribution in [3.63, 3.8) is 0 Å². The molecule has 0 amide bonds. The number of ether oxygens (including phenoxy) is 1. The first-order valence-electron chi connectivity index (χ1n) is 10.5. The Morgan fingerprint density at radius 2 is 2.00 bits per heavy atom. The second-order valence-electron chi connectivity index (χ2n) is 7.85. The van der Waals surface area contributed by atoms with E-state index >= 15 is 0 Å². The lowest BCUT2D eigenvalue weighted by atomic mass is 10.1. The molecule has 30 heavy (non-hydrogen) atoms. The summed E-state index contributed by atoms with van der Waals surface area (Å²) in [6.45, 7) is 6.34. The number of nitrogens with zero attached hydrogens (tertiary/aromatic N) is 6. The average Bonchev–Trinajstić information content (AvgIpc) is 3.42. The Kier molecular flexibility index (Phi) is 6.24. The van der Waals surface area contributed by atoms with E-state index in [9.17, 15) is 13.2 Å². The van der Waals surface area contributed by atoms with Gasteiger partial charge >= 0.3 is 6.18 Å². The van der Waals surface area contributed by atoms with Crippen LogP contribution >= 0.6 is 0 Å². The van der Waals surface area contributed by atoms with Gasteiger partial charge in [0, 0.05) is 38.5 Å². The second kappa shape index (κ2) is 8.89. The summed E-state index contributed by atoms with van der Waals surface area (Å²) in [5, 5.41) is 12.3. The number of aromatic nitrogens is 4. The molecule has 2 saturated heterocycles. The number of benzene rings is 1. The Morgan fingerprint density at radius 3 is 2.67 bits per heavy atom. The van der Waals surface area contributed by atoms with Crippen LogP contribution in [0.4, 0.5) is 18.9 Å². The highest BCUT2D eigenvalue weighted by Crippen LogP contribution is 2.32. The molecule has 164 valence electrons. The zero-order chi connectivity index (χ0) is 21.1. The monoisotopic (exact) mass is 424 g/mol. The van der Waals surface area contributed by atoms with Crippen LogP contribution in [0.25, 0.3) is 0 Å². The molecule has 4 rings (SSSR count). The average molecular weight is 424 g/mol. The number of rotatable bonds is 6. The van der Waals surface area contributed by atoms with Crippen LogP contribution < -0.4 is 4.90 Å². The standard InChI is InChI=1S/C20H27F3N6O/c1-2-18(19-24-25-26-29(19)14-17-7-4-12-30-17)28-10-8-27(9-11-28)16-6-3-5-15(13-16)20(21,22)23/h3,5-6,13,17-18H,2,4,7-12,14H2,1H3/t17-,18+/m0/s1. The van der Waals surface area contributed by atoms with Gasteiger partial charge in [0.25, 0.3) is 0 Å². The van der Waals surface area contributed by atoms with Gasteiger partial charge in [0.1, 0.15) is 0 Å². The lowest BCUT2D eigenvalue weighted by molar-refractivity contribution is -0.137. The highest BCUT2D eigenvalue weighted by atomic mass is 19.4. The fourth-order valence-corrected chi connectivity index (χ4v) is 4.34. The summed E-state index contributed by atoms with van der Waals surface area (Å²) in [6, 6.07) is 5.63. The van der Waals surface area contributed by atoms with Crippen molar-refractivity contribution in [2.45, 2.75) is 51.1 Å². The van der Waals surface area contributed by atoms with Crippen LogP contribution in [0, 0.1) is 0 Å². The summed E-state index contributed by atoms with van der Waals surface area (Å²) in [6.07, 6.45) is -1.23. The van der Waals surface area contributed by atoms with E-state index in [0.29, 0.717) is 25.3 Å². The highest BCUT2D eigenvalue weighted by Gasteiger charge is 2.32. The van der Waals surface area contributed by atoms with Gasteiger partial charge in [0.2, 0.25) is 0 Å². The molecule has 0 aliphatic carbocycles. The molecule has 2 fully saturated rings. The molecular formula is C20H27F3N6O. The molecule has 2 aliphatic heterocycles. The first-order chi connectivity index (χ1) is 14.5. The topological polar surface area (TPSA) is 59.3 Å². The van der Waals surface area contributed by atoms with Gasteiger partial charge in [-0.15, -0.1) is 5.10 Å². The summed E-state index contributed by atoms with van der Waals surface area (Å²) >= 11 is 0. The number of anilines is 1. The predicted octanol–water partition coefficient (Wildman–Crippen LogP) is 3.14. The summed E-state index contributed by atoms with van der Waals surface area (Å²) in [5.41, 5.74) is 0.00270. The van der Waals surface area contributed by atoms with Crippen LogP contribution in [-0.2, 0) is 17.5 Å². The van der Waals surface area contributed by atoms with Gasteiger partial charge in [0.05, 0.1) is 24.3 Å². The third kappa shape index (κ3) is 4.59. The number of alkyl halides is 3. The number of hydrogen-bond donors (Lipinski definition) is 0. The van der Waals surface area contributed by atoms with Gasteiger partial charge in [-0.25, -0.2) is 4.68 Å². The minimum Gasteiger partial charge on any atom is -0.376 e. The van der Waals surface area contributed by atoms with E-state index in [1.807, 2.05) is 9.58 Å². The number of hydrogen-bond acceptors (Lipinski definition) is 6. The zero-order valence-electron chi connectivity index (χ0n) is 17.1. The fourth-order valence-electron chi connectivity index (χ4n) is 4.34. The van der Waals surface area contributed by atoms with Gasteiger partial charge < -0.3 is 9.64 Å². The molecule has 7 nitrogen and oxygen atoms in total. The molecule has 3 heterocycles. The van der Waals surface area contributed by atoms with Crippen molar-refractivity contribution in [3.05, 3.63) is 35.7 Å². The molecule has 2 aliphatic rings. The van der Waals surface area contributed by atoms with E-state index < -0.39 is 11.7 Å². The Labute approximate surface area is 173 Å². The minimum atomic E-state index is -4.33.